The average molecular weight is 428 g/mol. The van der Waals surface area contributed by atoms with Gasteiger partial charge in [-0.3, -0.25) is 5.43 Å². The minimum absolute atomic E-state index is 0.00102. The van der Waals surface area contributed by atoms with Gasteiger partial charge in [0.1, 0.15) is 17.8 Å². The minimum atomic E-state index is -0.431. The fraction of sp³-hybridized carbons (Fsp3) is 0.318. The normalized spacial score (nSPS) is 24.5. The van der Waals surface area contributed by atoms with Crippen molar-refractivity contribution in [1.29, 1.82) is 0 Å². The van der Waals surface area contributed by atoms with Crippen molar-refractivity contribution in [1.82, 2.24) is 20.8 Å². The fourth-order valence-corrected chi connectivity index (χ4v) is 5.09. The summed E-state index contributed by atoms with van der Waals surface area (Å²) in [6.45, 7) is 4.26. The van der Waals surface area contributed by atoms with Gasteiger partial charge in [-0.1, -0.05) is 30.0 Å². The number of hydrazine groups is 1. The van der Waals surface area contributed by atoms with E-state index in [0.717, 1.165) is 17.7 Å². The summed E-state index contributed by atoms with van der Waals surface area (Å²) in [7, 11) is 0. The minimum Gasteiger partial charge on any atom is -0.306 e. The molecule has 3 aliphatic heterocycles. The number of amidine groups is 1. The molecule has 156 valence electrons. The molecule has 30 heavy (non-hydrogen) atoms. The highest BCUT2D eigenvalue weighted by molar-refractivity contribution is 8.13. The van der Waals surface area contributed by atoms with Crippen molar-refractivity contribution < 1.29 is 8.78 Å². The second-order valence-electron chi connectivity index (χ2n) is 7.93. The van der Waals surface area contributed by atoms with Gasteiger partial charge in [0.2, 0.25) is 0 Å². The van der Waals surface area contributed by atoms with Crippen molar-refractivity contribution in [2.45, 2.75) is 44.3 Å². The Balaban J connectivity index is 1.27. The van der Waals surface area contributed by atoms with E-state index in [-0.39, 0.29) is 18.2 Å². The number of rotatable bonds is 3. The van der Waals surface area contributed by atoms with Crippen molar-refractivity contribution in [3.8, 4) is 0 Å². The van der Waals surface area contributed by atoms with Crippen molar-refractivity contribution in [3.63, 3.8) is 0 Å². The number of benzene rings is 2. The number of halogens is 2. The van der Waals surface area contributed by atoms with Crippen molar-refractivity contribution in [3.05, 3.63) is 82.7 Å². The topological polar surface area (TPSA) is 42.9 Å². The Morgan fingerprint density at radius 3 is 2.80 bits per heavy atom. The van der Waals surface area contributed by atoms with E-state index in [9.17, 15) is 8.78 Å². The molecule has 0 amide bonds. The second-order valence-corrected chi connectivity index (χ2v) is 8.88. The summed E-state index contributed by atoms with van der Waals surface area (Å²) < 4.78 is 27.4. The fourth-order valence-electron chi connectivity index (χ4n) is 4.14. The highest BCUT2D eigenvalue weighted by atomic mass is 32.2. The monoisotopic (exact) mass is 427 g/mol. The van der Waals surface area contributed by atoms with Gasteiger partial charge in [0.25, 0.3) is 0 Å². The lowest BCUT2D eigenvalue weighted by Crippen LogP contribution is -2.54. The molecule has 1 saturated heterocycles. The number of nitrogens with one attached hydrogen (secondary N) is 2. The molecule has 2 aromatic carbocycles. The van der Waals surface area contributed by atoms with Crippen LogP contribution in [0.2, 0.25) is 0 Å². The molecular formula is C22H23F2N5S. The third-order valence-electron chi connectivity index (χ3n) is 6.00. The smallest absolute Gasteiger partial charge is 0.189 e. The molecule has 0 spiro atoms. The first kappa shape index (κ1) is 19.4. The van der Waals surface area contributed by atoms with Gasteiger partial charge in [0.05, 0.1) is 12.1 Å². The first-order valence-corrected chi connectivity index (χ1v) is 11.0. The van der Waals surface area contributed by atoms with Crippen LogP contribution in [0.3, 0.4) is 0 Å². The van der Waals surface area contributed by atoms with E-state index in [1.165, 1.54) is 40.6 Å². The van der Waals surface area contributed by atoms with Crippen LogP contribution < -0.4 is 10.9 Å². The molecule has 5 nitrogen and oxygen atoms in total. The van der Waals surface area contributed by atoms with Crippen molar-refractivity contribution in [2.75, 3.05) is 0 Å². The third-order valence-corrected chi connectivity index (χ3v) is 7.02. The van der Waals surface area contributed by atoms with Crippen LogP contribution in [-0.2, 0) is 5.75 Å². The molecule has 2 aromatic rings. The molecule has 0 radical (unpaired) electrons. The summed E-state index contributed by atoms with van der Waals surface area (Å²) in [5.41, 5.74) is 11.0. The lowest BCUT2D eigenvalue weighted by atomic mass is 9.97. The molecule has 3 atom stereocenters. The van der Waals surface area contributed by atoms with Crippen LogP contribution in [-0.4, -0.2) is 27.3 Å². The molecule has 3 unspecified atom stereocenters. The standard InChI is InChI=1S/C22H23F2N5S/c1-13-3-4-15(9-14(13)2)19-11-20-21-25-26-22(28(21)7-8-29(20)27-19)30-12-16-10-17(23)5-6-18(16)24/h3-10,19-21,25,27H,11-12H2,1-2H3. The Morgan fingerprint density at radius 1 is 1.10 bits per heavy atom. The molecule has 8 heteroatoms. The second kappa shape index (κ2) is 7.59. The van der Waals surface area contributed by atoms with E-state index < -0.39 is 11.6 Å². The first-order valence-electron chi connectivity index (χ1n) is 9.98. The molecule has 0 aromatic heterocycles. The highest BCUT2D eigenvalue weighted by Gasteiger charge is 2.44. The Hall–Kier alpha value is -2.58. The van der Waals surface area contributed by atoms with Gasteiger partial charge in [-0.05, 0) is 55.2 Å². The number of fused-ring (bicyclic) bond motifs is 3. The van der Waals surface area contributed by atoms with E-state index >= 15 is 0 Å². The SMILES string of the molecule is Cc1ccc(C2CC3C4NN=C(SCc5cc(F)ccc5F)N4C=CN3N2)cc1C. The number of hydrogen-bond donors (Lipinski definition) is 2. The number of thioether (sulfide) groups is 1. The maximum Gasteiger partial charge on any atom is 0.189 e. The van der Waals surface area contributed by atoms with Gasteiger partial charge in [0, 0.05) is 23.7 Å². The Bertz CT molecular complexity index is 1040. The lowest BCUT2D eigenvalue weighted by Gasteiger charge is -2.36. The third kappa shape index (κ3) is 3.44. The summed E-state index contributed by atoms with van der Waals surface area (Å²) in [6, 6.07) is 10.6. The van der Waals surface area contributed by atoms with E-state index in [4.69, 9.17) is 0 Å². The van der Waals surface area contributed by atoms with E-state index in [0.29, 0.717) is 11.3 Å². The zero-order chi connectivity index (χ0) is 20.8. The van der Waals surface area contributed by atoms with Crippen molar-refractivity contribution in [2.24, 2.45) is 5.10 Å². The Kier molecular flexibility index (Phi) is 4.91. The van der Waals surface area contributed by atoms with Crippen molar-refractivity contribution >= 4 is 16.9 Å². The van der Waals surface area contributed by atoms with Crippen LogP contribution in [0.5, 0.6) is 0 Å². The molecule has 2 N–H and O–H groups in total. The number of aryl methyl sites for hydroxylation is 2. The van der Waals surface area contributed by atoms with E-state index in [1.807, 2.05) is 12.4 Å². The predicted molar refractivity (Wildman–Crippen MR) is 115 cm³/mol. The van der Waals surface area contributed by atoms with Crippen LogP contribution in [0.1, 0.15) is 34.7 Å². The van der Waals surface area contributed by atoms with Crippen LogP contribution in [0.4, 0.5) is 8.78 Å². The zero-order valence-electron chi connectivity index (χ0n) is 16.8. The molecule has 1 fully saturated rings. The number of hydrogen-bond acceptors (Lipinski definition) is 6. The lowest BCUT2D eigenvalue weighted by molar-refractivity contribution is 0.152. The Morgan fingerprint density at radius 2 is 1.97 bits per heavy atom. The largest absolute Gasteiger partial charge is 0.306 e. The van der Waals surface area contributed by atoms with Gasteiger partial charge in [-0.15, -0.1) is 0 Å². The van der Waals surface area contributed by atoms with Gasteiger partial charge in [0.15, 0.2) is 5.17 Å². The summed E-state index contributed by atoms with van der Waals surface area (Å²) in [6.07, 6.45) is 4.94. The summed E-state index contributed by atoms with van der Waals surface area (Å²) in [5.74, 6) is -0.512. The molecular weight excluding hydrogens is 404 g/mol. The molecule has 3 aliphatic rings. The summed E-state index contributed by atoms with van der Waals surface area (Å²) in [5, 5.41) is 7.37. The van der Waals surface area contributed by atoms with Gasteiger partial charge in [-0.25, -0.2) is 14.2 Å². The summed E-state index contributed by atoms with van der Waals surface area (Å²) in [4.78, 5) is 2.08. The van der Waals surface area contributed by atoms with Gasteiger partial charge in [-0.2, -0.15) is 5.10 Å². The molecule has 0 saturated carbocycles. The predicted octanol–water partition coefficient (Wildman–Crippen LogP) is 4.12. The van der Waals surface area contributed by atoms with E-state index in [1.54, 1.807) is 0 Å². The maximum absolute atomic E-state index is 13.9. The van der Waals surface area contributed by atoms with Gasteiger partial charge < -0.3 is 9.91 Å². The van der Waals surface area contributed by atoms with Gasteiger partial charge >= 0.3 is 0 Å². The van der Waals surface area contributed by atoms with Crippen LogP contribution >= 0.6 is 11.8 Å². The van der Waals surface area contributed by atoms with Crippen LogP contribution in [0, 0.1) is 25.5 Å². The molecule has 0 aliphatic carbocycles. The average Bonchev–Trinajstić information content (AvgIpc) is 3.34. The number of nitrogens with zero attached hydrogens (tertiary/aromatic N) is 3. The Labute approximate surface area is 178 Å². The first-order chi connectivity index (χ1) is 14.5. The quantitative estimate of drug-likeness (QED) is 0.771. The molecule has 3 heterocycles. The van der Waals surface area contributed by atoms with Crippen LogP contribution in [0.15, 0.2) is 53.9 Å². The van der Waals surface area contributed by atoms with E-state index in [2.05, 4.69) is 57.9 Å². The maximum atomic E-state index is 13.9. The summed E-state index contributed by atoms with van der Waals surface area (Å²) >= 11 is 1.40. The molecule has 0 bridgehead atoms. The zero-order valence-corrected chi connectivity index (χ0v) is 17.6. The van der Waals surface area contributed by atoms with Crippen LogP contribution in [0.25, 0.3) is 0 Å². The highest BCUT2D eigenvalue weighted by Crippen LogP contribution is 2.36. The number of hydrazone groups is 1. The molecule has 5 rings (SSSR count).